The average Bonchev–Trinajstić information content (AvgIpc) is 3.44. The molecule has 3 aromatic heterocycles. The molecule has 1 fully saturated rings. The lowest BCUT2D eigenvalue weighted by molar-refractivity contribution is 0.321. The third-order valence-corrected chi connectivity index (χ3v) is 5.84. The van der Waals surface area contributed by atoms with E-state index in [0.717, 1.165) is 42.5 Å². The molecule has 2 atom stereocenters. The van der Waals surface area contributed by atoms with Crippen LogP contribution in [0, 0.1) is 6.57 Å². The minimum Gasteiger partial charge on any atom is -0.338 e. The van der Waals surface area contributed by atoms with Crippen LogP contribution in [-0.4, -0.2) is 35.8 Å². The van der Waals surface area contributed by atoms with Crippen molar-refractivity contribution in [1.82, 2.24) is 29.8 Å². The largest absolute Gasteiger partial charge is 0.338 e. The van der Waals surface area contributed by atoms with Gasteiger partial charge in [-0.2, -0.15) is 5.10 Å². The van der Waals surface area contributed by atoms with Crippen LogP contribution < -0.4 is 10.9 Å². The van der Waals surface area contributed by atoms with Gasteiger partial charge in [0.2, 0.25) is 6.04 Å². The van der Waals surface area contributed by atoms with Crippen molar-refractivity contribution in [2.45, 2.75) is 44.3 Å². The molecule has 0 radical (unpaired) electrons. The summed E-state index contributed by atoms with van der Waals surface area (Å²) in [6.07, 6.45) is 9.01. The summed E-state index contributed by atoms with van der Waals surface area (Å²) in [6, 6.07) is 9.66. The molecule has 0 bridgehead atoms. The van der Waals surface area contributed by atoms with E-state index in [-0.39, 0.29) is 17.6 Å². The molecular formula is C22H22N8O. The minimum atomic E-state index is -0.191. The average molecular weight is 414 g/mol. The molecule has 156 valence electrons. The van der Waals surface area contributed by atoms with Crippen molar-refractivity contribution in [3.8, 4) is 0 Å². The van der Waals surface area contributed by atoms with Gasteiger partial charge in [-0.1, -0.05) is 23.8 Å². The smallest absolute Gasteiger partial charge is 0.261 e. The molecule has 0 aliphatic heterocycles. The first-order valence-corrected chi connectivity index (χ1v) is 10.4. The Morgan fingerprint density at radius 1 is 1.19 bits per heavy atom. The van der Waals surface area contributed by atoms with Crippen molar-refractivity contribution < 1.29 is 0 Å². The summed E-state index contributed by atoms with van der Waals surface area (Å²) in [7, 11) is 0. The van der Waals surface area contributed by atoms with E-state index < -0.39 is 0 Å². The lowest BCUT2D eigenvalue weighted by Crippen LogP contribution is -2.26. The van der Waals surface area contributed by atoms with Gasteiger partial charge in [0.05, 0.1) is 18.3 Å². The molecular weight excluding hydrogens is 392 g/mol. The van der Waals surface area contributed by atoms with Gasteiger partial charge in [0, 0.05) is 24.5 Å². The van der Waals surface area contributed by atoms with Crippen molar-refractivity contribution in [3.63, 3.8) is 0 Å². The first kappa shape index (κ1) is 19.1. The van der Waals surface area contributed by atoms with Crippen LogP contribution in [-0.2, 0) is 6.54 Å². The van der Waals surface area contributed by atoms with Gasteiger partial charge in [-0.3, -0.25) is 9.48 Å². The van der Waals surface area contributed by atoms with E-state index in [4.69, 9.17) is 11.7 Å². The third-order valence-electron chi connectivity index (χ3n) is 5.84. The number of pyridine rings is 1. The molecule has 1 saturated carbocycles. The van der Waals surface area contributed by atoms with Crippen molar-refractivity contribution in [2.75, 3.05) is 5.32 Å². The van der Waals surface area contributed by atoms with E-state index in [2.05, 4.69) is 25.5 Å². The number of aromatic amines is 1. The lowest BCUT2D eigenvalue weighted by atomic mass is 9.91. The SMILES string of the molecule is [C-]#[N+][C@H]1CCCC[C@@H]1n1nc(Nc2ccc(Cn3ccnn3)cc2)c2c(=O)[nH]ccc21. The fourth-order valence-corrected chi connectivity index (χ4v) is 4.30. The number of fused-ring (bicyclic) bond motifs is 1. The standard InChI is InChI=1S/C22H22N8O/c1-23-17-4-2-3-5-18(17)30-19-10-11-24-22(31)20(19)21(27-30)26-16-8-6-15(7-9-16)14-29-13-12-25-28-29/h6-13,17-18H,2-5,14H2,(H,24,31)(H,26,27)/t17-,18-/m0/s1. The number of hydrogen-bond acceptors (Lipinski definition) is 5. The number of H-pyrrole nitrogens is 1. The zero-order valence-electron chi connectivity index (χ0n) is 16.9. The Kier molecular flexibility index (Phi) is 4.96. The molecule has 9 nitrogen and oxygen atoms in total. The number of nitrogens with one attached hydrogen (secondary N) is 2. The Morgan fingerprint density at radius 3 is 2.81 bits per heavy atom. The van der Waals surface area contributed by atoms with Crippen molar-refractivity contribution in [2.24, 2.45) is 0 Å². The van der Waals surface area contributed by atoms with Crippen LogP contribution in [0.4, 0.5) is 11.5 Å². The van der Waals surface area contributed by atoms with E-state index in [1.165, 1.54) is 0 Å². The zero-order chi connectivity index (χ0) is 21.2. The number of rotatable bonds is 5. The van der Waals surface area contributed by atoms with Gasteiger partial charge in [0.25, 0.3) is 5.56 Å². The maximum absolute atomic E-state index is 12.6. The summed E-state index contributed by atoms with van der Waals surface area (Å²) < 4.78 is 3.64. The molecule has 2 N–H and O–H groups in total. The minimum absolute atomic E-state index is 0.0174. The highest BCUT2D eigenvalue weighted by atomic mass is 16.1. The Bertz CT molecular complexity index is 1280. The summed E-state index contributed by atoms with van der Waals surface area (Å²) in [5.74, 6) is 0.509. The number of aromatic nitrogens is 6. The summed E-state index contributed by atoms with van der Waals surface area (Å²) in [4.78, 5) is 19.2. The molecule has 1 aliphatic carbocycles. The van der Waals surface area contributed by atoms with E-state index in [0.29, 0.717) is 17.7 Å². The highest BCUT2D eigenvalue weighted by molar-refractivity contribution is 5.91. The summed E-state index contributed by atoms with van der Waals surface area (Å²) in [5, 5.41) is 16.4. The second kappa shape index (κ2) is 8.07. The van der Waals surface area contributed by atoms with Crippen molar-refractivity contribution in [3.05, 3.63) is 76.3 Å². The van der Waals surface area contributed by atoms with E-state index >= 15 is 0 Å². The number of nitrogens with zero attached hydrogens (tertiary/aromatic N) is 6. The van der Waals surface area contributed by atoms with Crippen LogP contribution in [0.3, 0.4) is 0 Å². The van der Waals surface area contributed by atoms with Gasteiger partial charge in [-0.15, -0.1) is 5.10 Å². The number of benzene rings is 1. The number of anilines is 2. The normalized spacial score (nSPS) is 18.7. The van der Waals surface area contributed by atoms with E-state index in [1.807, 2.05) is 41.2 Å². The summed E-state index contributed by atoms with van der Waals surface area (Å²) in [5.41, 5.74) is 2.49. The lowest BCUT2D eigenvalue weighted by Gasteiger charge is -2.24. The Balaban J connectivity index is 1.47. The molecule has 0 amide bonds. The topological polar surface area (TPSA) is 97.8 Å². The highest BCUT2D eigenvalue weighted by Gasteiger charge is 2.33. The van der Waals surface area contributed by atoms with Crippen molar-refractivity contribution in [1.29, 1.82) is 0 Å². The Hall–Kier alpha value is -3.93. The van der Waals surface area contributed by atoms with Gasteiger partial charge >= 0.3 is 0 Å². The summed E-state index contributed by atoms with van der Waals surface area (Å²) in [6.45, 7) is 8.23. The fourth-order valence-electron chi connectivity index (χ4n) is 4.30. The van der Waals surface area contributed by atoms with Gasteiger partial charge < -0.3 is 15.1 Å². The Morgan fingerprint density at radius 2 is 2.03 bits per heavy atom. The predicted molar refractivity (Wildman–Crippen MR) is 117 cm³/mol. The van der Waals surface area contributed by atoms with Crippen molar-refractivity contribution >= 4 is 22.4 Å². The van der Waals surface area contributed by atoms with Crippen LogP contribution in [0.2, 0.25) is 0 Å². The third kappa shape index (κ3) is 3.68. The van der Waals surface area contributed by atoms with Gasteiger partial charge in [0.15, 0.2) is 5.82 Å². The first-order chi connectivity index (χ1) is 15.2. The molecule has 31 heavy (non-hydrogen) atoms. The zero-order valence-corrected chi connectivity index (χ0v) is 16.9. The molecule has 9 heteroatoms. The van der Waals surface area contributed by atoms with Gasteiger partial charge in [-0.25, -0.2) is 11.3 Å². The molecule has 0 spiro atoms. The number of hydrogen-bond donors (Lipinski definition) is 2. The quantitative estimate of drug-likeness (QED) is 0.487. The van der Waals surface area contributed by atoms with Crippen LogP contribution in [0.25, 0.3) is 15.7 Å². The van der Waals surface area contributed by atoms with Crippen LogP contribution >= 0.6 is 0 Å². The maximum Gasteiger partial charge on any atom is 0.261 e. The highest BCUT2D eigenvalue weighted by Crippen LogP contribution is 2.34. The van der Waals surface area contributed by atoms with Crippen LogP contribution in [0.5, 0.6) is 0 Å². The van der Waals surface area contributed by atoms with Crippen LogP contribution in [0.15, 0.2) is 53.7 Å². The maximum atomic E-state index is 12.6. The van der Waals surface area contributed by atoms with Gasteiger partial charge in [-0.05, 0) is 36.6 Å². The molecule has 1 aliphatic rings. The van der Waals surface area contributed by atoms with E-state index in [1.54, 1.807) is 17.1 Å². The van der Waals surface area contributed by atoms with Gasteiger partial charge in [0.1, 0.15) is 11.4 Å². The van der Waals surface area contributed by atoms with Crippen LogP contribution in [0.1, 0.15) is 37.3 Å². The molecule has 0 saturated heterocycles. The molecule has 4 aromatic rings. The molecule has 3 heterocycles. The molecule has 5 rings (SSSR count). The monoisotopic (exact) mass is 414 g/mol. The predicted octanol–water partition coefficient (Wildman–Crippen LogP) is 3.51. The molecule has 0 unspecified atom stereocenters. The summed E-state index contributed by atoms with van der Waals surface area (Å²) >= 11 is 0. The molecule has 1 aromatic carbocycles. The Labute approximate surface area is 178 Å². The second-order valence-electron chi connectivity index (χ2n) is 7.83. The fraction of sp³-hybridized carbons (Fsp3) is 0.318. The van der Waals surface area contributed by atoms with E-state index in [9.17, 15) is 4.79 Å². The second-order valence-corrected chi connectivity index (χ2v) is 7.83. The first-order valence-electron chi connectivity index (χ1n) is 10.4.